The van der Waals surface area contributed by atoms with Gasteiger partial charge in [-0.2, -0.15) is 0 Å². The van der Waals surface area contributed by atoms with E-state index in [1.165, 1.54) is 65.9 Å². The minimum absolute atomic E-state index is 0.414. The van der Waals surface area contributed by atoms with Crippen LogP contribution in [0.25, 0.3) is 11.1 Å². The molecule has 2 unspecified atom stereocenters. The highest BCUT2D eigenvalue weighted by Gasteiger charge is 2.39. The highest BCUT2D eigenvalue weighted by molar-refractivity contribution is 5.67. The molecule has 1 N–H and O–H groups in total. The summed E-state index contributed by atoms with van der Waals surface area (Å²) in [5, 5.41) is 3.74. The molecule has 2 bridgehead atoms. The van der Waals surface area contributed by atoms with Crippen molar-refractivity contribution >= 4 is 5.69 Å². The Balaban J connectivity index is 1.27. The number of anilines is 1. The molecule has 35 heavy (non-hydrogen) atoms. The number of benzene rings is 4. The number of rotatable bonds is 7. The van der Waals surface area contributed by atoms with Crippen LogP contribution < -0.4 is 5.32 Å². The van der Waals surface area contributed by atoms with E-state index in [0.29, 0.717) is 12.0 Å². The summed E-state index contributed by atoms with van der Waals surface area (Å²) in [5.41, 5.74) is 7.95. The molecule has 3 heterocycles. The van der Waals surface area contributed by atoms with Gasteiger partial charge in [-0.15, -0.1) is 0 Å². The van der Waals surface area contributed by atoms with Crippen LogP contribution in [0.15, 0.2) is 109 Å². The summed E-state index contributed by atoms with van der Waals surface area (Å²) in [6.07, 6.45) is 4.07. The summed E-state index contributed by atoms with van der Waals surface area (Å²) >= 11 is 0. The number of fused-ring (bicyclic) bond motifs is 3. The van der Waals surface area contributed by atoms with Crippen LogP contribution in [-0.4, -0.2) is 24.0 Å². The van der Waals surface area contributed by atoms with Crippen LogP contribution in [0.2, 0.25) is 0 Å². The molecule has 4 aromatic rings. The van der Waals surface area contributed by atoms with Gasteiger partial charge in [-0.1, -0.05) is 97.1 Å². The zero-order valence-electron chi connectivity index (χ0n) is 20.3. The van der Waals surface area contributed by atoms with Gasteiger partial charge in [0.15, 0.2) is 0 Å². The molecular weight excluding hydrogens is 424 g/mol. The van der Waals surface area contributed by atoms with Crippen molar-refractivity contribution in [1.82, 2.24) is 4.90 Å². The summed E-state index contributed by atoms with van der Waals surface area (Å²) in [7, 11) is 0. The molecule has 2 nitrogen and oxygen atoms in total. The van der Waals surface area contributed by atoms with Crippen LogP contribution in [0.5, 0.6) is 0 Å². The van der Waals surface area contributed by atoms with Crippen molar-refractivity contribution in [2.75, 3.05) is 18.4 Å². The van der Waals surface area contributed by atoms with E-state index in [2.05, 4.69) is 119 Å². The average molecular weight is 459 g/mol. The van der Waals surface area contributed by atoms with Crippen molar-refractivity contribution in [2.24, 2.45) is 5.92 Å². The predicted molar refractivity (Wildman–Crippen MR) is 147 cm³/mol. The average Bonchev–Trinajstić information content (AvgIpc) is 2.94. The third-order valence-corrected chi connectivity index (χ3v) is 8.07. The van der Waals surface area contributed by atoms with Crippen molar-refractivity contribution in [3.63, 3.8) is 0 Å². The lowest BCUT2D eigenvalue weighted by molar-refractivity contribution is 0.0411. The summed E-state index contributed by atoms with van der Waals surface area (Å²) < 4.78 is 0. The topological polar surface area (TPSA) is 15.3 Å². The second-order valence-electron chi connectivity index (χ2n) is 10.2. The Kier molecular flexibility index (Phi) is 6.38. The van der Waals surface area contributed by atoms with E-state index in [4.69, 9.17) is 0 Å². The van der Waals surface area contributed by atoms with Gasteiger partial charge < -0.3 is 5.32 Å². The molecule has 0 radical (unpaired) electrons. The summed E-state index contributed by atoms with van der Waals surface area (Å²) in [4.78, 5) is 2.76. The first kappa shape index (κ1) is 22.1. The quantitative estimate of drug-likeness (QED) is 0.307. The van der Waals surface area contributed by atoms with Crippen molar-refractivity contribution in [2.45, 2.75) is 37.8 Å². The Morgan fingerprint density at radius 1 is 0.714 bits per heavy atom. The van der Waals surface area contributed by atoms with E-state index in [-0.39, 0.29) is 0 Å². The molecular formula is C33H34N2. The fourth-order valence-electron chi connectivity index (χ4n) is 6.27. The highest BCUT2D eigenvalue weighted by Crippen LogP contribution is 2.42. The van der Waals surface area contributed by atoms with E-state index in [1.54, 1.807) is 0 Å². The van der Waals surface area contributed by atoms with Crippen molar-refractivity contribution < 1.29 is 0 Å². The van der Waals surface area contributed by atoms with E-state index >= 15 is 0 Å². The first-order valence-electron chi connectivity index (χ1n) is 13.1. The van der Waals surface area contributed by atoms with Crippen LogP contribution in [0.1, 0.15) is 41.9 Å². The van der Waals surface area contributed by atoms with Gasteiger partial charge in [0, 0.05) is 24.2 Å². The molecule has 176 valence electrons. The molecule has 4 aromatic carbocycles. The lowest BCUT2D eigenvalue weighted by Gasteiger charge is -2.48. The molecule has 0 amide bonds. The van der Waals surface area contributed by atoms with Crippen LogP contribution in [0.3, 0.4) is 0 Å². The lowest BCUT2D eigenvalue weighted by atomic mass is 9.74. The molecule has 0 saturated carbocycles. The van der Waals surface area contributed by atoms with Crippen LogP contribution >= 0.6 is 0 Å². The first-order chi connectivity index (χ1) is 17.3. The fourth-order valence-corrected chi connectivity index (χ4v) is 6.27. The van der Waals surface area contributed by atoms with E-state index in [0.717, 1.165) is 12.5 Å². The standard InChI is InChI=1S/C33H34N2/c1-3-10-26(11-4-1)31-17-8-7-14-29(31)24-34-30-16-9-15-28(23-30)33(27-12-5-2-6-13-27)32-22-25-18-20-35(32)21-19-25/h1-17,23,25,32-34H,18-22,24H2. The number of hydrogen-bond donors (Lipinski definition) is 1. The molecule has 2 heteroatoms. The minimum atomic E-state index is 0.414. The van der Waals surface area contributed by atoms with Gasteiger partial charge in [-0.3, -0.25) is 4.90 Å². The van der Waals surface area contributed by atoms with Crippen LogP contribution in [-0.2, 0) is 6.54 Å². The lowest BCUT2D eigenvalue weighted by Crippen LogP contribution is -2.51. The minimum Gasteiger partial charge on any atom is -0.381 e. The molecule has 3 aliphatic rings. The Morgan fingerprint density at radius 2 is 1.40 bits per heavy atom. The first-order valence-corrected chi connectivity index (χ1v) is 13.1. The van der Waals surface area contributed by atoms with Gasteiger partial charge in [-0.25, -0.2) is 0 Å². The van der Waals surface area contributed by atoms with Gasteiger partial charge in [0.1, 0.15) is 0 Å². The molecule has 3 fully saturated rings. The number of hydrogen-bond acceptors (Lipinski definition) is 2. The maximum Gasteiger partial charge on any atom is 0.0406 e. The molecule has 7 rings (SSSR count). The van der Waals surface area contributed by atoms with Crippen LogP contribution in [0.4, 0.5) is 5.69 Å². The predicted octanol–water partition coefficient (Wildman–Crippen LogP) is 7.58. The molecule has 3 saturated heterocycles. The molecule has 0 spiro atoms. The molecule has 3 aliphatic heterocycles. The molecule has 2 atom stereocenters. The zero-order chi connectivity index (χ0) is 23.5. The Hall–Kier alpha value is -3.36. The van der Waals surface area contributed by atoms with E-state index in [9.17, 15) is 0 Å². The monoisotopic (exact) mass is 458 g/mol. The summed E-state index contributed by atoms with van der Waals surface area (Å²) in [6.45, 7) is 3.32. The normalized spacial score (nSPS) is 22.0. The SMILES string of the molecule is c1ccc(-c2ccccc2CNc2cccc(C(c3ccccc3)C3CC4CCN3CC4)c2)cc1. The molecule has 0 aliphatic carbocycles. The Morgan fingerprint density at radius 3 is 2.14 bits per heavy atom. The van der Waals surface area contributed by atoms with Crippen molar-refractivity contribution in [1.29, 1.82) is 0 Å². The third-order valence-electron chi connectivity index (χ3n) is 8.07. The highest BCUT2D eigenvalue weighted by atomic mass is 15.2. The van der Waals surface area contributed by atoms with Gasteiger partial charge in [0.2, 0.25) is 0 Å². The van der Waals surface area contributed by atoms with Gasteiger partial charge >= 0.3 is 0 Å². The van der Waals surface area contributed by atoms with E-state index in [1.807, 2.05) is 0 Å². The Labute approximate surface area is 209 Å². The molecule has 0 aromatic heterocycles. The largest absolute Gasteiger partial charge is 0.381 e. The number of nitrogens with one attached hydrogen (secondary N) is 1. The van der Waals surface area contributed by atoms with Gasteiger partial charge in [0.25, 0.3) is 0 Å². The third kappa shape index (κ3) is 4.76. The van der Waals surface area contributed by atoms with Gasteiger partial charge in [0.05, 0.1) is 0 Å². The second kappa shape index (κ2) is 10.1. The Bertz CT molecular complexity index is 1240. The maximum atomic E-state index is 3.74. The summed E-state index contributed by atoms with van der Waals surface area (Å²) in [6, 6.07) is 40.4. The zero-order valence-corrected chi connectivity index (χ0v) is 20.3. The number of nitrogens with zero attached hydrogens (tertiary/aromatic N) is 1. The smallest absolute Gasteiger partial charge is 0.0406 e. The van der Waals surface area contributed by atoms with Crippen LogP contribution in [0, 0.1) is 5.92 Å². The fraction of sp³-hybridized carbons (Fsp3) is 0.273. The number of piperidine rings is 3. The van der Waals surface area contributed by atoms with Gasteiger partial charge in [-0.05, 0) is 78.2 Å². The maximum absolute atomic E-state index is 3.74. The van der Waals surface area contributed by atoms with Crippen molar-refractivity contribution in [3.05, 3.63) is 126 Å². The summed E-state index contributed by atoms with van der Waals surface area (Å²) in [5.74, 6) is 1.31. The van der Waals surface area contributed by atoms with E-state index < -0.39 is 0 Å². The van der Waals surface area contributed by atoms with Crippen molar-refractivity contribution in [3.8, 4) is 11.1 Å². The second-order valence-corrected chi connectivity index (χ2v) is 10.2.